The van der Waals surface area contributed by atoms with Gasteiger partial charge in [-0.25, -0.2) is 0 Å². The second-order valence-corrected chi connectivity index (χ2v) is 9.09. The third kappa shape index (κ3) is 13.1. The molecule has 2 aliphatic rings. The average Bonchev–Trinajstić information content (AvgIpc) is 2.80. The molecule has 0 spiro atoms. The lowest BCUT2D eigenvalue weighted by Gasteiger charge is -2.33. The molecule has 2 heterocycles. The smallest absolute Gasteiger partial charge is 0.317 e. The van der Waals surface area contributed by atoms with Gasteiger partial charge in [-0.05, 0) is 0 Å². The fourth-order valence-corrected chi connectivity index (χ4v) is 4.22. The van der Waals surface area contributed by atoms with Crippen LogP contribution in [-0.2, 0) is 23.9 Å². The molecule has 14 nitrogen and oxygen atoms in total. The quantitative estimate of drug-likeness (QED) is 0.218. The van der Waals surface area contributed by atoms with Crippen LogP contribution in [0.2, 0.25) is 0 Å². The van der Waals surface area contributed by atoms with E-state index in [4.69, 9.17) is 4.74 Å². The maximum Gasteiger partial charge on any atom is 0.317 e. The van der Waals surface area contributed by atoms with E-state index < -0.39 is 17.9 Å². The number of nitrogens with zero attached hydrogens (tertiary/aromatic N) is 5. The van der Waals surface area contributed by atoms with Crippen molar-refractivity contribution in [3.05, 3.63) is 0 Å². The molecular weight excluding hydrogens is 476 g/mol. The molecule has 0 unspecified atom stereocenters. The highest BCUT2D eigenvalue weighted by Gasteiger charge is 2.21. The van der Waals surface area contributed by atoms with Crippen molar-refractivity contribution in [2.45, 2.75) is 0 Å². The first-order chi connectivity index (χ1) is 17.2. The summed E-state index contributed by atoms with van der Waals surface area (Å²) in [5, 5.41) is 30.8. The van der Waals surface area contributed by atoms with Crippen LogP contribution in [0.1, 0.15) is 0 Å². The van der Waals surface area contributed by atoms with Gasteiger partial charge in [-0.1, -0.05) is 0 Å². The molecular formula is C22H40N6O8. The van der Waals surface area contributed by atoms with E-state index in [1.165, 1.54) is 0 Å². The number of amides is 1. The summed E-state index contributed by atoms with van der Waals surface area (Å²) in [6, 6.07) is 0. The first-order valence-electron chi connectivity index (χ1n) is 12.3. The van der Waals surface area contributed by atoms with Gasteiger partial charge in [0.1, 0.15) is 0 Å². The minimum Gasteiger partial charge on any atom is -0.480 e. The van der Waals surface area contributed by atoms with Crippen LogP contribution in [0.4, 0.5) is 0 Å². The molecule has 0 saturated carbocycles. The Kier molecular flexibility index (Phi) is 13.6. The Labute approximate surface area is 211 Å². The molecule has 0 aromatic carbocycles. The number of carbonyl (C=O) groups is 4. The van der Waals surface area contributed by atoms with Crippen molar-refractivity contribution >= 4 is 23.8 Å². The van der Waals surface area contributed by atoms with E-state index in [2.05, 4.69) is 10.2 Å². The molecule has 2 saturated heterocycles. The van der Waals surface area contributed by atoms with Crippen LogP contribution in [0, 0.1) is 0 Å². The summed E-state index contributed by atoms with van der Waals surface area (Å²) in [6.45, 7) is 6.81. The topological polar surface area (TPSA) is 166 Å². The monoisotopic (exact) mass is 516 g/mol. The second-order valence-electron chi connectivity index (χ2n) is 9.09. The molecule has 2 rings (SSSR count). The number of carbonyl (C=O) groups excluding carboxylic acids is 1. The molecule has 0 aromatic rings. The van der Waals surface area contributed by atoms with Gasteiger partial charge in [-0.2, -0.15) is 0 Å². The highest BCUT2D eigenvalue weighted by atomic mass is 16.5. The fraction of sp³-hybridized carbons (Fsp3) is 0.818. The Bertz CT molecular complexity index is 689. The van der Waals surface area contributed by atoms with Gasteiger partial charge in [0.15, 0.2) is 0 Å². The Morgan fingerprint density at radius 3 is 1.28 bits per heavy atom. The van der Waals surface area contributed by atoms with Crippen LogP contribution in [-0.4, -0.2) is 182 Å². The lowest BCUT2D eigenvalue weighted by atomic mass is 10.3. The van der Waals surface area contributed by atoms with E-state index in [0.717, 1.165) is 19.6 Å². The summed E-state index contributed by atoms with van der Waals surface area (Å²) < 4.78 is 5.33. The number of morpholine rings is 1. The highest BCUT2D eigenvalue weighted by molar-refractivity contribution is 5.78. The standard InChI is InChI=1S/C22H40N6O8/c29-19(23-1-2-24-11-13-36-14-12-24)15-25-3-5-26(16-20(30)31)7-9-28(18-22(34)35)10-8-27(6-4-25)17-21(32)33/h1-18H2,(H,23,29)(H,30,31)(H,32,33)(H,34,35). The van der Waals surface area contributed by atoms with Gasteiger partial charge in [0.25, 0.3) is 0 Å². The number of carboxylic acids is 3. The van der Waals surface area contributed by atoms with Crippen LogP contribution in [0.15, 0.2) is 0 Å². The van der Waals surface area contributed by atoms with E-state index in [-0.39, 0.29) is 32.1 Å². The van der Waals surface area contributed by atoms with Crippen LogP contribution >= 0.6 is 0 Å². The number of nitrogens with one attached hydrogen (secondary N) is 1. The number of carboxylic acid groups (broad SMARTS) is 3. The molecule has 4 N–H and O–H groups in total. The highest BCUT2D eigenvalue weighted by Crippen LogP contribution is 2.02. The number of hydrogen-bond donors (Lipinski definition) is 4. The van der Waals surface area contributed by atoms with Gasteiger partial charge < -0.3 is 25.4 Å². The molecule has 1 amide bonds. The van der Waals surface area contributed by atoms with E-state index in [1.807, 2.05) is 4.90 Å². The molecule has 206 valence electrons. The maximum absolute atomic E-state index is 12.6. The molecule has 36 heavy (non-hydrogen) atoms. The van der Waals surface area contributed by atoms with E-state index in [1.54, 1.807) is 14.7 Å². The zero-order valence-corrected chi connectivity index (χ0v) is 20.8. The second kappa shape index (κ2) is 16.4. The summed E-state index contributed by atoms with van der Waals surface area (Å²) in [7, 11) is 0. The lowest BCUT2D eigenvalue weighted by molar-refractivity contribution is -0.140. The third-order valence-electron chi connectivity index (χ3n) is 6.23. The first-order valence-corrected chi connectivity index (χ1v) is 12.3. The lowest BCUT2D eigenvalue weighted by Crippen LogP contribution is -2.50. The fourth-order valence-electron chi connectivity index (χ4n) is 4.22. The first kappa shape index (κ1) is 29.9. The van der Waals surface area contributed by atoms with Crippen molar-refractivity contribution in [1.29, 1.82) is 0 Å². The van der Waals surface area contributed by atoms with Crippen molar-refractivity contribution in [2.24, 2.45) is 0 Å². The Balaban J connectivity index is 1.98. The molecule has 14 heteroatoms. The summed E-state index contributed by atoms with van der Waals surface area (Å²) >= 11 is 0. The predicted molar refractivity (Wildman–Crippen MR) is 129 cm³/mol. The summed E-state index contributed by atoms with van der Waals surface area (Å²) in [5.41, 5.74) is 0. The zero-order chi connectivity index (χ0) is 26.3. The molecule has 0 aromatic heterocycles. The van der Waals surface area contributed by atoms with Crippen molar-refractivity contribution in [1.82, 2.24) is 29.8 Å². The van der Waals surface area contributed by atoms with E-state index in [9.17, 15) is 34.5 Å². The Hall–Kier alpha value is -2.36. The molecule has 0 bridgehead atoms. The summed E-state index contributed by atoms with van der Waals surface area (Å²) in [6.07, 6.45) is 0. The van der Waals surface area contributed by atoms with Gasteiger partial charge >= 0.3 is 17.9 Å². The molecule has 2 fully saturated rings. The van der Waals surface area contributed by atoms with Gasteiger partial charge in [-0.15, -0.1) is 0 Å². The minimum atomic E-state index is -0.998. The van der Waals surface area contributed by atoms with Crippen LogP contribution in [0.25, 0.3) is 0 Å². The zero-order valence-electron chi connectivity index (χ0n) is 20.8. The minimum absolute atomic E-state index is 0.121. The van der Waals surface area contributed by atoms with Crippen molar-refractivity contribution in [2.75, 3.05) is 118 Å². The largest absolute Gasteiger partial charge is 0.480 e. The maximum atomic E-state index is 12.6. The van der Waals surface area contributed by atoms with Gasteiger partial charge in [0, 0.05) is 78.5 Å². The van der Waals surface area contributed by atoms with Gasteiger partial charge in [0.05, 0.1) is 39.4 Å². The molecule has 0 aliphatic carbocycles. The Morgan fingerprint density at radius 2 is 0.917 bits per heavy atom. The third-order valence-corrected chi connectivity index (χ3v) is 6.23. The predicted octanol–water partition coefficient (Wildman–Crippen LogP) is -3.09. The number of aliphatic carboxylic acids is 3. The normalized spacial score (nSPS) is 20.8. The van der Waals surface area contributed by atoms with Crippen LogP contribution < -0.4 is 5.32 Å². The van der Waals surface area contributed by atoms with Crippen LogP contribution in [0.3, 0.4) is 0 Å². The van der Waals surface area contributed by atoms with Crippen molar-refractivity contribution in [3.63, 3.8) is 0 Å². The molecule has 0 atom stereocenters. The van der Waals surface area contributed by atoms with E-state index >= 15 is 0 Å². The average molecular weight is 517 g/mol. The van der Waals surface area contributed by atoms with Gasteiger partial charge in [0.2, 0.25) is 5.91 Å². The number of ether oxygens (including phenoxy) is 1. The van der Waals surface area contributed by atoms with Crippen molar-refractivity contribution < 1.29 is 39.2 Å². The number of hydrogen-bond acceptors (Lipinski definition) is 10. The summed E-state index contributed by atoms with van der Waals surface area (Å²) in [5.74, 6) is -3.10. The molecule has 0 radical (unpaired) electrons. The molecule has 2 aliphatic heterocycles. The number of rotatable bonds is 11. The summed E-state index contributed by atoms with van der Waals surface area (Å²) in [4.78, 5) is 55.9. The Morgan fingerprint density at radius 1 is 0.556 bits per heavy atom. The van der Waals surface area contributed by atoms with Gasteiger partial charge in [-0.3, -0.25) is 43.7 Å². The van der Waals surface area contributed by atoms with E-state index in [0.29, 0.717) is 72.1 Å². The van der Waals surface area contributed by atoms with Crippen molar-refractivity contribution in [3.8, 4) is 0 Å². The SMILES string of the molecule is O=C(O)CN1CCN(CC(=O)O)CCN(CC(=O)NCCN2CCOCC2)CCN(CC(=O)O)CC1. The van der Waals surface area contributed by atoms with Crippen LogP contribution in [0.5, 0.6) is 0 Å².